The van der Waals surface area contributed by atoms with Crippen molar-refractivity contribution in [3.63, 3.8) is 0 Å². The van der Waals surface area contributed by atoms with Crippen LogP contribution in [0, 0.1) is 20.8 Å². The zero-order valence-corrected chi connectivity index (χ0v) is 12.4. The lowest BCUT2D eigenvalue weighted by molar-refractivity contribution is 1.13. The Balaban J connectivity index is 2.24. The van der Waals surface area contributed by atoms with Crippen LogP contribution in [0.25, 0.3) is 21.7 Å². The van der Waals surface area contributed by atoms with Crippen LogP contribution in [0.3, 0.4) is 0 Å². The van der Waals surface area contributed by atoms with Crippen LogP contribution in [0.5, 0.6) is 0 Å². The van der Waals surface area contributed by atoms with E-state index in [0.29, 0.717) is 11.0 Å². The summed E-state index contributed by atoms with van der Waals surface area (Å²) in [6.45, 7) is 6.04. The van der Waals surface area contributed by atoms with Gasteiger partial charge in [0.2, 0.25) is 0 Å². The molecule has 0 aliphatic carbocycles. The maximum Gasteiger partial charge on any atom is 0.180 e. The number of aryl methyl sites for hydroxylation is 3. The van der Waals surface area contributed by atoms with Crippen LogP contribution in [0.1, 0.15) is 16.1 Å². The van der Waals surface area contributed by atoms with E-state index in [1.165, 1.54) is 4.88 Å². The highest BCUT2D eigenvalue weighted by atomic mass is 35.5. The standard InChI is InChI=1S/C14H12ClN3S/c1-7-4-8(2)16-11(5-7)13-17-12(15)10-6-9(3)19-14(10)18-13/h4-6H,1-3H3. The van der Waals surface area contributed by atoms with E-state index in [1.807, 2.05) is 39.0 Å². The fourth-order valence-electron chi connectivity index (χ4n) is 2.08. The molecule has 0 saturated carbocycles. The summed E-state index contributed by atoms with van der Waals surface area (Å²) in [5.41, 5.74) is 2.87. The van der Waals surface area contributed by atoms with Crippen LogP contribution in [0.4, 0.5) is 0 Å². The monoisotopic (exact) mass is 289 g/mol. The predicted molar refractivity (Wildman–Crippen MR) is 79.9 cm³/mol. The molecule has 0 aliphatic rings. The normalized spacial score (nSPS) is 11.2. The van der Waals surface area contributed by atoms with Gasteiger partial charge in [0.1, 0.15) is 15.7 Å². The molecule has 0 N–H and O–H groups in total. The molecule has 0 aliphatic heterocycles. The Morgan fingerprint density at radius 1 is 1.00 bits per heavy atom. The van der Waals surface area contributed by atoms with E-state index in [-0.39, 0.29) is 0 Å². The van der Waals surface area contributed by atoms with Gasteiger partial charge in [0.25, 0.3) is 0 Å². The molecule has 19 heavy (non-hydrogen) atoms. The van der Waals surface area contributed by atoms with Gasteiger partial charge in [0, 0.05) is 16.0 Å². The van der Waals surface area contributed by atoms with Crippen LogP contribution in [0.2, 0.25) is 5.15 Å². The molecule has 0 unspecified atom stereocenters. The van der Waals surface area contributed by atoms with Gasteiger partial charge in [-0.1, -0.05) is 11.6 Å². The lowest BCUT2D eigenvalue weighted by Gasteiger charge is -2.03. The first-order chi connectivity index (χ1) is 9.02. The molecule has 3 aromatic rings. The fraction of sp³-hybridized carbons (Fsp3) is 0.214. The Morgan fingerprint density at radius 2 is 1.79 bits per heavy atom. The quantitative estimate of drug-likeness (QED) is 0.626. The molecule has 96 valence electrons. The van der Waals surface area contributed by atoms with Crippen molar-refractivity contribution in [1.82, 2.24) is 15.0 Å². The van der Waals surface area contributed by atoms with Crippen molar-refractivity contribution < 1.29 is 0 Å². The lowest BCUT2D eigenvalue weighted by Crippen LogP contribution is -1.94. The summed E-state index contributed by atoms with van der Waals surface area (Å²) in [5.74, 6) is 0.589. The SMILES string of the molecule is Cc1cc(C)nc(-c2nc(Cl)c3cc(C)sc3n2)c1. The van der Waals surface area contributed by atoms with Gasteiger partial charge in [-0.25, -0.2) is 15.0 Å². The van der Waals surface area contributed by atoms with Gasteiger partial charge in [-0.05, 0) is 44.5 Å². The second-order valence-electron chi connectivity index (χ2n) is 4.59. The predicted octanol–water partition coefficient (Wildman–Crippen LogP) is 4.33. The largest absolute Gasteiger partial charge is 0.250 e. The minimum absolute atomic E-state index is 0.491. The third-order valence-electron chi connectivity index (χ3n) is 2.80. The maximum atomic E-state index is 6.23. The highest BCUT2D eigenvalue weighted by Crippen LogP contribution is 2.30. The van der Waals surface area contributed by atoms with E-state index >= 15 is 0 Å². The van der Waals surface area contributed by atoms with Crippen LogP contribution in [0.15, 0.2) is 18.2 Å². The second kappa shape index (κ2) is 4.54. The average Bonchev–Trinajstić information content (AvgIpc) is 2.69. The summed E-state index contributed by atoms with van der Waals surface area (Å²) in [4.78, 5) is 15.5. The Kier molecular flexibility index (Phi) is 2.99. The Morgan fingerprint density at radius 3 is 2.53 bits per heavy atom. The molecule has 0 aromatic carbocycles. The fourth-order valence-corrected chi connectivity index (χ4v) is 3.24. The molecule has 5 heteroatoms. The van der Waals surface area contributed by atoms with Gasteiger partial charge in [-0.2, -0.15) is 0 Å². The van der Waals surface area contributed by atoms with Gasteiger partial charge in [-0.3, -0.25) is 0 Å². The molecule has 3 nitrogen and oxygen atoms in total. The Labute approximate surface area is 120 Å². The highest BCUT2D eigenvalue weighted by Gasteiger charge is 2.11. The molecular formula is C14H12ClN3S. The van der Waals surface area contributed by atoms with Crippen LogP contribution in [-0.2, 0) is 0 Å². The summed E-state index contributed by atoms with van der Waals surface area (Å²) in [5, 5.41) is 1.41. The van der Waals surface area contributed by atoms with Gasteiger partial charge in [0.15, 0.2) is 5.82 Å². The van der Waals surface area contributed by atoms with Crippen molar-refractivity contribution in [2.24, 2.45) is 0 Å². The number of fused-ring (bicyclic) bond motifs is 1. The number of pyridine rings is 1. The van der Waals surface area contributed by atoms with E-state index in [9.17, 15) is 0 Å². The van der Waals surface area contributed by atoms with Gasteiger partial charge < -0.3 is 0 Å². The van der Waals surface area contributed by atoms with Crippen LogP contribution < -0.4 is 0 Å². The molecule has 3 heterocycles. The Bertz CT molecular complexity index is 759. The lowest BCUT2D eigenvalue weighted by atomic mass is 10.2. The summed E-state index contributed by atoms with van der Waals surface area (Å²) in [6, 6.07) is 6.02. The first-order valence-corrected chi connectivity index (χ1v) is 7.12. The molecule has 3 rings (SSSR count). The number of nitrogens with zero attached hydrogens (tertiary/aromatic N) is 3. The number of rotatable bonds is 1. The minimum Gasteiger partial charge on any atom is -0.250 e. The molecule has 0 radical (unpaired) electrons. The number of aromatic nitrogens is 3. The molecule has 0 bridgehead atoms. The topological polar surface area (TPSA) is 38.7 Å². The van der Waals surface area contributed by atoms with E-state index in [0.717, 1.165) is 27.2 Å². The number of hydrogen-bond acceptors (Lipinski definition) is 4. The van der Waals surface area contributed by atoms with E-state index in [2.05, 4.69) is 15.0 Å². The number of halogens is 1. The van der Waals surface area contributed by atoms with Gasteiger partial charge in [-0.15, -0.1) is 11.3 Å². The van der Waals surface area contributed by atoms with Crippen LogP contribution in [-0.4, -0.2) is 15.0 Å². The molecule has 0 atom stereocenters. The third-order valence-corrected chi connectivity index (χ3v) is 4.03. The van der Waals surface area contributed by atoms with Gasteiger partial charge >= 0.3 is 0 Å². The van der Waals surface area contributed by atoms with Crippen molar-refractivity contribution in [3.8, 4) is 11.5 Å². The summed E-state index contributed by atoms with van der Waals surface area (Å²) in [6.07, 6.45) is 0. The first kappa shape index (κ1) is 12.5. The minimum atomic E-state index is 0.491. The van der Waals surface area contributed by atoms with E-state index in [1.54, 1.807) is 11.3 Å². The van der Waals surface area contributed by atoms with Gasteiger partial charge in [0.05, 0.1) is 0 Å². The van der Waals surface area contributed by atoms with Crippen LogP contribution >= 0.6 is 22.9 Å². The summed E-state index contributed by atoms with van der Waals surface area (Å²) in [7, 11) is 0. The first-order valence-electron chi connectivity index (χ1n) is 5.92. The zero-order valence-electron chi connectivity index (χ0n) is 10.9. The Hall–Kier alpha value is -1.52. The maximum absolute atomic E-state index is 6.23. The molecule has 0 fully saturated rings. The molecule has 0 spiro atoms. The highest BCUT2D eigenvalue weighted by molar-refractivity contribution is 7.18. The molecule has 0 amide bonds. The summed E-state index contributed by atoms with van der Waals surface area (Å²) < 4.78 is 0. The van der Waals surface area contributed by atoms with Crippen molar-refractivity contribution in [1.29, 1.82) is 0 Å². The van der Waals surface area contributed by atoms with Crippen molar-refractivity contribution >= 4 is 33.2 Å². The molecular weight excluding hydrogens is 278 g/mol. The molecule has 3 aromatic heterocycles. The zero-order chi connectivity index (χ0) is 13.6. The van der Waals surface area contributed by atoms with Crippen molar-refractivity contribution in [2.45, 2.75) is 20.8 Å². The summed E-state index contributed by atoms with van der Waals surface area (Å²) >= 11 is 7.85. The van der Waals surface area contributed by atoms with E-state index < -0.39 is 0 Å². The second-order valence-corrected chi connectivity index (χ2v) is 6.18. The van der Waals surface area contributed by atoms with Crippen molar-refractivity contribution in [2.75, 3.05) is 0 Å². The number of hydrogen-bond donors (Lipinski definition) is 0. The van der Waals surface area contributed by atoms with Crippen molar-refractivity contribution in [3.05, 3.63) is 39.5 Å². The van der Waals surface area contributed by atoms with E-state index in [4.69, 9.17) is 11.6 Å². The number of thiophene rings is 1. The third kappa shape index (κ3) is 2.33. The average molecular weight is 290 g/mol. The smallest absolute Gasteiger partial charge is 0.180 e. The molecule has 0 saturated heterocycles.